The van der Waals surface area contributed by atoms with Gasteiger partial charge in [0.2, 0.25) is 5.91 Å². The van der Waals surface area contributed by atoms with Gasteiger partial charge in [-0.05, 0) is 50.0 Å². The maximum absolute atomic E-state index is 12.4. The van der Waals surface area contributed by atoms with E-state index >= 15 is 0 Å². The van der Waals surface area contributed by atoms with Gasteiger partial charge in [0.15, 0.2) is 0 Å². The minimum Gasteiger partial charge on any atom is -0.355 e. The molecular weight excluding hydrogens is 388 g/mol. The van der Waals surface area contributed by atoms with E-state index in [9.17, 15) is 4.79 Å². The largest absolute Gasteiger partial charge is 0.355 e. The van der Waals surface area contributed by atoms with Crippen LogP contribution in [0.15, 0.2) is 48.5 Å². The smallest absolute Gasteiger partial charge is 0.223 e. The lowest BCUT2D eigenvalue weighted by Crippen LogP contribution is -2.40. The molecule has 2 aromatic rings. The fraction of sp³-hybridized carbons (Fsp3) is 0.435. The van der Waals surface area contributed by atoms with E-state index in [2.05, 4.69) is 47.5 Å². The Balaban J connectivity index is 1.30. The molecule has 1 aliphatic rings. The number of hydrogen-bond acceptors (Lipinski definition) is 3. The van der Waals surface area contributed by atoms with Gasteiger partial charge >= 0.3 is 0 Å². The van der Waals surface area contributed by atoms with E-state index in [0.717, 1.165) is 61.1 Å². The molecule has 28 heavy (non-hydrogen) atoms. The normalized spacial score (nSPS) is 15.5. The van der Waals surface area contributed by atoms with Crippen molar-refractivity contribution in [3.05, 3.63) is 70.2 Å². The van der Waals surface area contributed by atoms with Crippen LogP contribution >= 0.6 is 23.4 Å². The molecule has 0 aromatic heterocycles. The van der Waals surface area contributed by atoms with Crippen LogP contribution in [0.5, 0.6) is 0 Å². The van der Waals surface area contributed by atoms with Crippen LogP contribution in [0.2, 0.25) is 5.02 Å². The Morgan fingerprint density at radius 2 is 1.86 bits per heavy atom. The van der Waals surface area contributed by atoms with Crippen LogP contribution in [0, 0.1) is 12.8 Å². The Morgan fingerprint density at radius 1 is 1.14 bits per heavy atom. The highest BCUT2D eigenvalue weighted by Gasteiger charge is 2.24. The fourth-order valence-electron chi connectivity index (χ4n) is 3.49. The highest BCUT2D eigenvalue weighted by molar-refractivity contribution is 7.98. The van der Waals surface area contributed by atoms with Crippen molar-refractivity contribution in [1.29, 1.82) is 0 Å². The van der Waals surface area contributed by atoms with E-state index in [1.54, 1.807) is 0 Å². The molecule has 0 aliphatic carbocycles. The second-order valence-corrected chi connectivity index (χ2v) is 8.98. The third kappa shape index (κ3) is 6.54. The molecule has 3 rings (SSSR count). The molecule has 0 spiro atoms. The first-order valence-electron chi connectivity index (χ1n) is 9.98. The molecule has 3 nitrogen and oxygen atoms in total. The van der Waals surface area contributed by atoms with Crippen LogP contribution in [0.4, 0.5) is 0 Å². The lowest BCUT2D eigenvalue weighted by atomic mass is 9.95. The number of nitrogens with one attached hydrogen (secondary N) is 1. The number of rotatable bonds is 8. The summed E-state index contributed by atoms with van der Waals surface area (Å²) in [5.41, 5.74) is 3.80. The van der Waals surface area contributed by atoms with Crippen LogP contribution in [0.1, 0.15) is 29.5 Å². The Bertz CT molecular complexity index is 757. The topological polar surface area (TPSA) is 32.3 Å². The summed E-state index contributed by atoms with van der Waals surface area (Å²) >= 11 is 8.13. The van der Waals surface area contributed by atoms with Crippen molar-refractivity contribution >= 4 is 29.3 Å². The maximum Gasteiger partial charge on any atom is 0.223 e. The van der Waals surface area contributed by atoms with Crippen molar-refractivity contribution in [1.82, 2.24) is 10.2 Å². The van der Waals surface area contributed by atoms with E-state index in [1.165, 1.54) is 11.1 Å². The Kier molecular flexibility index (Phi) is 8.26. The van der Waals surface area contributed by atoms with Crippen LogP contribution in [0.3, 0.4) is 0 Å². The van der Waals surface area contributed by atoms with E-state index < -0.39 is 0 Å². The van der Waals surface area contributed by atoms with Gasteiger partial charge in [0.25, 0.3) is 0 Å². The molecule has 2 aromatic carbocycles. The minimum absolute atomic E-state index is 0.143. The third-order valence-corrected chi connectivity index (χ3v) is 6.64. The number of aryl methyl sites for hydroxylation is 1. The van der Waals surface area contributed by atoms with Gasteiger partial charge < -0.3 is 5.32 Å². The molecule has 1 N–H and O–H groups in total. The number of carbonyl (C=O) groups is 1. The highest BCUT2D eigenvalue weighted by Crippen LogP contribution is 2.22. The third-order valence-electron chi connectivity index (χ3n) is 5.25. The average molecular weight is 417 g/mol. The summed E-state index contributed by atoms with van der Waals surface area (Å²) in [6.45, 7) is 5.61. The zero-order chi connectivity index (χ0) is 19.8. The van der Waals surface area contributed by atoms with Gasteiger partial charge in [-0.25, -0.2) is 0 Å². The zero-order valence-electron chi connectivity index (χ0n) is 16.5. The number of likely N-dealkylation sites (tertiary alicyclic amines) is 1. The van der Waals surface area contributed by atoms with Gasteiger partial charge in [-0.1, -0.05) is 59.6 Å². The number of hydrogen-bond donors (Lipinski definition) is 1. The summed E-state index contributed by atoms with van der Waals surface area (Å²) in [6, 6.07) is 16.7. The monoisotopic (exact) mass is 416 g/mol. The number of piperidine rings is 1. The molecule has 0 unspecified atom stereocenters. The van der Waals surface area contributed by atoms with Crippen LogP contribution in [0.25, 0.3) is 0 Å². The number of carbonyl (C=O) groups excluding carboxylic acids is 1. The van der Waals surface area contributed by atoms with E-state index in [1.807, 2.05) is 30.0 Å². The molecule has 1 saturated heterocycles. The molecule has 1 amide bonds. The van der Waals surface area contributed by atoms with Gasteiger partial charge in [-0.15, -0.1) is 0 Å². The number of amides is 1. The van der Waals surface area contributed by atoms with Crippen LogP contribution in [-0.4, -0.2) is 36.2 Å². The van der Waals surface area contributed by atoms with Crippen molar-refractivity contribution in [3.63, 3.8) is 0 Å². The molecule has 5 heteroatoms. The lowest BCUT2D eigenvalue weighted by molar-refractivity contribution is -0.126. The predicted octanol–water partition coefficient (Wildman–Crippen LogP) is 4.91. The lowest BCUT2D eigenvalue weighted by Gasteiger charge is -2.31. The summed E-state index contributed by atoms with van der Waals surface area (Å²) in [4.78, 5) is 14.8. The second-order valence-electron chi connectivity index (χ2n) is 7.47. The van der Waals surface area contributed by atoms with Gasteiger partial charge in [-0.2, -0.15) is 11.8 Å². The summed E-state index contributed by atoms with van der Waals surface area (Å²) in [6.07, 6.45) is 1.85. The quantitative estimate of drug-likeness (QED) is 0.620. The Labute approximate surface area is 177 Å². The van der Waals surface area contributed by atoms with Crippen molar-refractivity contribution in [2.45, 2.75) is 32.1 Å². The average Bonchev–Trinajstić information content (AvgIpc) is 2.71. The highest BCUT2D eigenvalue weighted by atomic mass is 35.5. The fourth-order valence-corrected chi connectivity index (χ4v) is 4.50. The molecular formula is C23H29ClN2OS. The van der Waals surface area contributed by atoms with Crippen molar-refractivity contribution in [2.24, 2.45) is 5.92 Å². The van der Waals surface area contributed by atoms with E-state index in [0.29, 0.717) is 0 Å². The summed E-state index contributed by atoms with van der Waals surface area (Å²) < 4.78 is 0. The number of thioether (sulfide) groups is 1. The maximum atomic E-state index is 12.4. The summed E-state index contributed by atoms with van der Waals surface area (Å²) in [7, 11) is 0. The van der Waals surface area contributed by atoms with Crippen molar-refractivity contribution in [2.75, 3.05) is 25.4 Å². The molecule has 1 fully saturated rings. The SMILES string of the molecule is Cc1ccc(CSCCNC(=O)C2CCN(Cc3ccccc3Cl)CC2)cc1. The van der Waals surface area contributed by atoms with Gasteiger partial charge in [0.05, 0.1) is 0 Å². The summed E-state index contributed by atoms with van der Waals surface area (Å²) in [5.74, 6) is 2.31. The van der Waals surface area contributed by atoms with Crippen molar-refractivity contribution in [3.8, 4) is 0 Å². The minimum atomic E-state index is 0.143. The Hall–Kier alpha value is -1.49. The molecule has 0 saturated carbocycles. The molecule has 0 radical (unpaired) electrons. The number of nitrogens with zero attached hydrogens (tertiary/aromatic N) is 1. The zero-order valence-corrected chi connectivity index (χ0v) is 18.1. The molecule has 1 aliphatic heterocycles. The predicted molar refractivity (Wildman–Crippen MR) is 120 cm³/mol. The summed E-state index contributed by atoms with van der Waals surface area (Å²) in [5, 5.41) is 3.95. The first kappa shape index (κ1) is 21.2. The first-order valence-corrected chi connectivity index (χ1v) is 11.5. The number of halogens is 1. The molecule has 1 heterocycles. The second kappa shape index (κ2) is 10.9. The molecule has 0 bridgehead atoms. The molecule has 0 atom stereocenters. The van der Waals surface area contributed by atoms with Crippen LogP contribution < -0.4 is 5.32 Å². The Morgan fingerprint density at radius 3 is 2.57 bits per heavy atom. The van der Waals surface area contributed by atoms with E-state index in [-0.39, 0.29) is 11.8 Å². The van der Waals surface area contributed by atoms with E-state index in [4.69, 9.17) is 11.6 Å². The molecule has 150 valence electrons. The van der Waals surface area contributed by atoms with Gasteiger partial charge in [-0.3, -0.25) is 9.69 Å². The van der Waals surface area contributed by atoms with Gasteiger partial charge in [0.1, 0.15) is 0 Å². The number of benzene rings is 2. The standard InChI is InChI=1S/C23H29ClN2OS/c1-18-6-8-19(9-7-18)17-28-15-12-25-23(27)20-10-13-26(14-11-20)16-21-4-2-3-5-22(21)24/h2-9,20H,10-17H2,1H3,(H,25,27). The van der Waals surface area contributed by atoms with Crippen LogP contribution in [-0.2, 0) is 17.1 Å². The van der Waals surface area contributed by atoms with Crippen molar-refractivity contribution < 1.29 is 4.79 Å². The van der Waals surface area contributed by atoms with Gasteiger partial charge in [0, 0.05) is 35.5 Å². The first-order chi connectivity index (χ1) is 13.6.